The zero-order valence-electron chi connectivity index (χ0n) is 13.9. The fourth-order valence-corrected chi connectivity index (χ4v) is 6.83. The van der Waals surface area contributed by atoms with Crippen molar-refractivity contribution in [3.63, 3.8) is 0 Å². The molecule has 3 nitrogen and oxygen atoms in total. The number of ketones is 1. The predicted molar refractivity (Wildman–Crippen MR) is 85.9 cm³/mol. The van der Waals surface area contributed by atoms with Crippen LogP contribution in [-0.2, 0) is 4.79 Å². The van der Waals surface area contributed by atoms with Crippen LogP contribution < -0.4 is 0 Å². The highest BCUT2D eigenvalue weighted by atomic mass is 16.3. The van der Waals surface area contributed by atoms with Gasteiger partial charge in [0.15, 0.2) is 0 Å². The van der Waals surface area contributed by atoms with E-state index in [4.69, 9.17) is 5.41 Å². The van der Waals surface area contributed by atoms with E-state index in [0.717, 1.165) is 50.7 Å². The summed E-state index contributed by atoms with van der Waals surface area (Å²) in [5.41, 5.74) is 1.20. The second-order valence-electron chi connectivity index (χ2n) is 9.01. The molecule has 0 aromatic rings. The van der Waals surface area contributed by atoms with Gasteiger partial charge in [-0.15, -0.1) is 0 Å². The summed E-state index contributed by atoms with van der Waals surface area (Å²) in [6.45, 7) is 4.67. The highest BCUT2D eigenvalue weighted by molar-refractivity contribution is 5.89. The summed E-state index contributed by atoms with van der Waals surface area (Å²) in [6.07, 6.45) is 7.26. The average molecular weight is 303 g/mol. The molecule has 0 amide bonds. The van der Waals surface area contributed by atoms with E-state index in [9.17, 15) is 9.90 Å². The van der Waals surface area contributed by atoms with Crippen molar-refractivity contribution in [1.82, 2.24) is 0 Å². The van der Waals surface area contributed by atoms with Crippen LogP contribution in [0, 0.1) is 39.9 Å². The Morgan fingerprint density at radius 3 is 2.68 bits per heavy atom. The molecule has 0 aromatic heterocycles. The van der Waals surface area contributed by atoms with Crippen LogP contribution in [-0.4, -0.2) is 22.7 Å². The van der Waals surface area contributed by atoms with Gasteiger partial charge in [-0.05, 0) is 67.6 Å². The highest BCUT2D eigenvalue weighted by Crippen LogP contribution is 2.65. The Kier molecular flexibility index (Phi) is 3.15. The van der Waals surface area contributed by atoms with E-state index in [1.807, 2.05) is 0 Å². The highest BCUT2D eigenvalue weighted by Gasteiger charge is 2.61. The van der Waals surface area contributed by atoms with E-state index in [2.05, 4.69) is 13.8 Å². The first-order valence-corrected chi connectivity index (χ1v) is 9.14. The first-order valence-electron chi connectivity index (χ1n) is 9.14. The van der Waals surface area contributed by atoms with Gasteiger partial charge in [0.05, 0.1) is 6.10 Å². The summed E-state index contributed by atoms with van der Waals surface area (Å²) >= 11 is 0. The second kappa shape index (κ2) is 4.66. The molecule has 0 aliphatic heterocycles. The SMILES string of the molecule is C[C@]12CCC(=O)CC1CC(O)[C@@H]1[C@H]2CC[C@]2(C)C(=N)CC[C@@H]12. The van der Waals surface area contributed by atoms with Gasteiger partial charge in [0.25, 0.3) is 0 Å². The fraction of sp³-hybridized carbons (Fsp3) is 0.895. The lowest BCUT2D eigenvalue weighted by Crippen LogP contribution is -2.58. The van der Waals surface area contributed by atoms with Crippen molar-refractivity contribution in [3.05, 3.63) is 0 Å². The standard InChI is InChI=1S/C19H29NO2/c1-18-7-5-12(21)9-11(18)10-15(22)17-13-3-4-16(20)19(13,2)8-6-14(17)18/h11,13-15,17,20,22H,3-10H2,1-2H3/t11?,13-,14+,15?,17-,18-,19-/m0/s1. The largest absolute Gasteiger partial charge is 0.393 e. The molecular weight excluding hydrogens is 274 g/mol. The quantitative estimate of drug-likeness (QED) is 0.718. The molecular formula is C19H29NO2. The van der Waals surface area contributed by atoms with Crippen molar-refractivity contribution in [2.75, 3.05) is 0 Å². The van der Waals surface area contributed by atoms with Gasteiger partial charge in [-0.25, -0.2) is 0 Å². The summed E-state index contributed by atoms with van der Waals surface area (Å²) in [7, 11) is 0. The first kappa shape index (κ1) is 14.9. The molecule has 3 heteroatoms. The van der Waals surface area contributed by atoms with Crippen LogP contribution in [0.5, 0.6) is 0 Å². The Morgan fingerprint density at radius 1 is 1.14 bits per heavy atom. The Labute approximate surface area is 133 Å². The summed E-state index contributed by atoms with van der Waals surface area (Å²) in [5.74, 6) is 2.19. The van der Waals surface area contributed by atoms with Gasteiger partial charge < -0.3 is 10.5 Å². The molecule has 4 saturated carbocycles. The lowest BCUT2D eigenvalue weighted by atomic mass is 9.44. The molecule has 4 fully saturated rings. The third-order valence-electron chi connectivity index (χ3n) is 8.28. The molecule has 0 aromatic carbocycles. The molecule has 2 unspecified atom stereocenters. The van der Waals surface area contributed by atoms with E-state index in [1.54, 1.807) is 0 Å². The van der Waals surface area contributed by atoms with E-state index in [0.29, 0.717) is 35.9 Å². The molecule has 22 heavy (non-hydrogen) atoms. The maximum Gasteiger partial charge on any atom is 0.133 e. The molecule has 122 valence electrons. The van der Waals surface area contributed by atoms with Crippen molar-refractivity contribution in [2.45, 2.75) is 71.3 Å². The number of hydrogen-bond acceptors (Lipinski definition) is 3. The van der Waals surface area contributed by atoms with E-state index in [-0.39, 0.29) is 16.9 Å². The van der Waals surface area contributed by atoms with Crippen LogP contribution in [0.4, 0.5) is 0 Å². The van der Waals surface area contributed by atoms with E-state index < -0.39 is 0 Å². The maximum absolute atomic E-state index is 11.9. The van der Waals surface area contributed by atoms with E-state index in [1.165, 1.54) is 0 Å². The number of aliphatic hydroxyl groups is 1. The Balaban J connectivity index is 1.70. The number of carbonyl (C=O) groups is 1. The second-order valence-corrected chi connectivity index (χ2v) is 9.01. The third kappa shape index (κ3) is 1.78. The zero-order valence-corrected chi connectivity index (χ0v) is 13.9. The average Bonchev–Trinajstić information content (AvgIpc) is 2.77. The molecule has 2 N–H and O–H groups in total. The number of nitrogens with one attached hydrogen (secondary N) is 1. The molecule has 0 bridgehead atoms. The minimum Gasteiger partial charge on any atom is -0.393 e. The number of fused-ring (bicyclic) bond motifs is 5. The van der Waals surface area contributed by atoms with Crippen LogP contribution in [0.25, 0.3) is 0 Å². The summed E-state index contributed by atoms with van der Waals surface area (Å²) in [5, 5.41) is 19.3. The van der Waals surface area contributed by atoms with Crippen LogP contribution in [0.2, 0.25) is 0 Å². The fourth-order valence-electron chi connectivity index (χ4n) is 6.83. The van der Waals surface area contributed by atoms with Gasteiger partial charge in [-0.3, -0.25) is 4.79 Å². The summed E-state index contributed by atoms with van der Waals surface area (Å²) in [6, 6.07) is 0. The minimum absolute atomic E-state index is 0.0375. The van der Waals surface area contributed by atoms with Crippen molar-refractivity contribution >= 4 is 11.5 Å². The Bertz CT molecular complexity index is 530. The van der Waals surface area contributed by atoms with Crippen molar-refractivity contribution in [1.29, 1.82) is 5.41 Å². The number of hydrogen-bond donors (Lipinski definition) is 2. The Hall–Kier alpha value is -0.700. The lowest BCUT2D eigenvalue weighted by Gasteiger charge is -2.60. The smallest absolute Gasteiger partial charge is 0.133 e. The normalized spacial score (nSPS) is 54.6. The monoisotopic (exact) mass is 303 g/mol. The molecule has 7 atom stereocenters. The topological polar surface area (TPSA) is 61.1 Å². The van der Waals surface area contributed by atoms with Crippen LogP contribution in [0.3, 0.4) is 0 Å². The van der Waals surface area contributed by atoms with Crippen LogP contribution in [0.15, 0.2) is 0 Å². The molecule has 0 heterocycles. The van der Waals surface area contributed by atoms with E-state index >= 15 is 0 Å². The van der Waals surface area contributed by atoms with Gasteiger partial charge in [-0.1, -0.05) is 13.8 Å². The summed E-state index contributed by atoms with van der Waals surface area (Å²) in [4.78, 5) is 11.9. The minimum atomic E-state index is -0.260. The van der Waals surface area contributed by atoms with Crippen molar-refractivity contribution < 1.29 is 9.90 Å². The zero-order chi connectivity index (χ0) is 15.7. The van der Waals surface area contributed by atoms with Gasteiger partial charge >= 0.3 is 0 Å². The number of aliphatic hydroxyl groups excluding tert-OH is 1. The molecule has 0 radical (unpaired) electrons. The van der Waals surface area contributed by atoms with Crippen molar-refractivity contribution in [3.8, 4) is 0 Å². The molecule has 0 saturated heterocycles. The van der Waals surface area contributed by atoms with Crippen molar-refractivity contribution in [2.24, 2.45) is 34.5 Å². The summed E-state index contributed by atoms with van der Waals surface area (Å²) < 4.78 is 0. The first-order chi connectivity index (χ1) is 10.4. The number of carbonyl (C=O) groups excluding carboxylic acids is 1. The maximum atomic E-state index is 11.9. The van der Waals surface area contributed by atoms with Gasteiger partial charge in [0, 0.05) is 24.0 Å². The molecule has 4 rings (SSSR count). The molecule has 4 aliphatic rings. The number of rotatable bonds is 0. The molecule has 4 aliphatic carbocycles. The third-order valence-corrected chi connectivity index (χ3v) is 8.28. The number of Topliss-reactive ketones (excluding diaryl/α,β-unsaturated/α-hetero) is 1. The lowest BCUT2D eigenvalue weighted by molar-refractivity contribution is -0.159. The predicted octanol–water partition coefficient (Wildman–Crippen LogP) is 3.59. The van der Waals surface area contributed by atoms with Crippen LogP contribution >= 0.6 is 0 Å². The van der Waals surface area contributed by atoms with Crippen LogP contribution in [0.1, 0.15) is 65.2 Å². The van der Waals surface area contributed by atoms with Gasteiger partial charge in [-0.2, -0.15) is 0 Å². The molecule has 0 spiro atoms. The Morgan fingerprint density at radius 2 is 1.91 bits per heavy atom. The van der Waals surface area contributed by atoms with Gasteiger partial charge in [0.1, 0.15) is 5.78 Å². The van der Waals surface area contributed by atoms with Gasteiger partial charge in [0.2, 0.25) is 0 Å².